The molecular formula is C16H30N2O3. The zero-order chi connectivity index (χ0) is 15.7. The summed E-state index contributed by atoms with van der Waals surface area (Å²) < 4.78 is 0. The van der Waals surface area contributed by atoms with Crippen LogP contribution in [-0.2, 0) is 9.59 Å². The number of nitrogens with one attached hydrogen (secondary N) is 2. The zero-order valence-electron chi connectivity index (χ0n) is 13.4. The van der Waals surface area contributed by atoms with Gasteiger partial charge in [0.25, 0.3) is 0 Å². The SMILES string of the molecule is CCCC(CCNC(=O)C1CC(C)CCN1)CCC(=O)O. The Morgan fingerprint density at radius 3 is 2.71 bits per heavy atom. The molecule has 1 amide bonds. The van der Waals surface area contributed by atoms with Crippen LogP contribution in [0.4, 0.5) is 0 Å². The third-order valence-corrected chi connectivity index (χ3v) is 4.30. The van der Waals surface area contributed by atoms with E-state index in [2.05, 4.69) is 24.5 Å². The number of carbonyl (C=O) groups excluding carboxylic acids is 1. The van der Waals surface area contributed by atoms with Crippen molar-refractivity contribution in [3.63, 3.8) is 0 Å². The van der Waals surface area contributed by atoms with Gasteiger partial charge in [0.15, 0.2) is 0 Å². The van der Waals surface area contributed by atoms with Gasteiger partial charge in [-0.05, 0) is 44.1 Å². The van der Waals surface area contributed by atoms with E-state index in [1.54, 1.807) is 0 Å². The molecule has 0 saturated carbocycles. The average molecular weight is 298 g/mol. The Morgan fingerprint density at radius 2 is 2.10 bits per heavy atom. The first kappa shape index (κ1) is 18.0. The van der Waals surface area contributed by atoms with Gasteiger partial charge >= 0.3 is 5.97 Å². The second kappa shape index (κ2) is 9.77. The highest BCUT2D eigenvalue weighted by molar-refractivity contribution is 5.81. The van der Waals surface area contributed by atoms with Crippen molar-refractivity contribution in [1.29, 1.82) is 0 Å². The molecule has 0 spiro atoms. The van der Waals surface area contributed by atoms with E-state index >= 15 is 0 Å². The summed E-state index contributed by atoms with van der Waals surface area (Å²) in [4.78, 5) is 22.7. The summed E-state index contributed by atoms with van der Waals surface area (Å²) in [6, 6.07) is -0.0580. The van der Waals surface area contributed by atoms with Gasteiger partial charge in [-0.3, -0.25) is 9.59 Å². The number of piperidine rings is 1. The van der Waals surface area contributed by atoms with Gasteiger partial charge in [0.1, 0.15) is 0 Å². The van der Waals surface area contributed by atoms with Gasteiger partial charge in [0.05, 0.1) is 6.04 Å². The highest BCUT2D eigenvalue weighted by Crippen LogP contribution is 2.18. The standard InChI is InChI=1S/C16H30N2O3/c1-3-4-13(5-6-15(19)20)8-10-18-16(21)14-11-12(2)7-9-17-14/h12-14,17H,3-11H2,1-2H3,(H,18,21)(H,19,20). The van der Waals surface area contributed by atoms with E-state index in [9.17, 15) is 9.59 Å². The summed E-state index contributed by atoms with van der Waals surface area (Å²) in [5.41, 5.74) is 0. The zero-order valence-corrected chi connectivity index (χ0v) is 13.4. The topological polar surface area (TPSA) is 78.4 Å². The molecule has 1 saturated heterocycles. The van der Waals surface area contributed by atoms with Crippen molar-refractivity contribution in [1.82, 2.24) is 10.6 Å². The monoisotopic (exact) mass is 298 g/mol. The molecule has 3 atom stereocenters. The van der Waals surface area contributed by atoms with E-state index in [0.29, 0.717) is 24.8 Å². The molecule has 0 aromatic carbocycles. The van der Waals surface area contributed by atoms with Crippen LogP contribution in [0, 0.1) is 11.8 Å². The molecule has 0 aliphatic carbocycles. The van der Waals surface area contributed by atoms with Gasteiger partial charge in [-0.15, -0.1) is 0 Å². The Balaban J connectivity index is 2.25. The van der Waals surface area contributed by atoms with Crippen LogP contribution >= 0.6 is 0 Å². The highest BCUT2D eigenvalue weighted by atomic mass is 16.4. The number of rotatable bonds is 9. The molecule has 0 radical (unpaired) electrons. The largest absolute Gasteiger partial charge is 0.481 e. The van der Waals surface area contributed by atoms with Crippen LogP contribution in [0.1, 0.15) is 58.8 Å². The van der Waals surface area contributed by atoms with Crippen LogP contribution in [0.25, 0.3) is 0 Å². The lowest BCUT2D eigenvalue weighted by Crippen LogP contribution is -2.48. The minimum Gasteiger partial charge on any atom is -0.481 e. The van der Waals surface area contributed by atoms with Crippen molar-refractivity contribution in [3.8, 4) is 0 Å². The molecule has 1 aliphatic rings. The van der Waals surface area contributed by atoms with Crippen LogP contribution in [-0.4, -0.2) is 36.1 Å². The first-order chi connectivity index (χ1) is 10.0. The number of amides is 1. The number of carbonyl (C=O) groups is 2. The Hall–Kier alpha value is -1.10. The molecule has 1 heterocycles. The molecule has 0 aromatic rings. The molecule has 1 aliphatic heterocycles. The van der Waals surface area contributed by atoms with E-state index in [0.717, 1.165) is 38.6 Å². The maximum Gasteiger partial charge on any atom is 0.303 e. The molecule has 3 unspecified atom stereocenters. The van der Waals surface area contributed by atoms with Crippen molar-refractivity contribution in [2.24, 2.45) is 11.8 Å². The smallest absolute Gasteiger partial charge is 0.303 e. The Morgan fingerprint density at radius 1 is 1.33 bits per heavy atom. The van der Waals surface area contributed by atoms with Crippen LogP contribution in [0.2, 0.25) is 0 Å². The summed E-state index contributed by atoms with van der Waals surface area (Å²) in [5.74, 6) is 0.352. The predicted octanol–water partition coefficient (Wildman–Crippen LogP) is 2.16. The summed E-state index contributed by atoms with van der Waals surface area (Å²) in [6.07, 6.45) is 5.93. The lowest BCUT2D eigenvalue weighted by atomic mass is 9.93. The first-order valence-electron chi connectivity index (χ1n) is 8.25. The third-order valence-electron chi connectivity index (χ3n) is 4.30. The summed E-state index contributed by atoms with van der Waals surface area (Å²) >= 11 is 0. The van der Waals surface area contributed by atoms with Crippen molar-refractivity contribution in [3.05, 3.63) is 0 Å². The lowest BCUT2D eigenvalue weighted by molar-refractivity contribution is -0.137. The maximum absolute atomic E-state index is 12.1. The van der Waals surface area contributed by atoms with Gasteiger partial charge in [-0.2, -0.15) is 0 Å². The Kier molecular flexibility index (Phi) is 8.35. The first-order valence-corrected chi connectivity index (χ1v) is 8.25. The fraction of sp³-hybridized carbons (Fsp3) is 0.875. The van der Waals surface area contributed by atoms with Crippen molar-refractivity contribution < 1.29 is 14.7 Å². The molecule has 1 fully saturated rings. The fourth-order valence-corrected chi connectivity index (χ4v) is 3.00. The van der Waals surface area contributed by atoms with Crippen molar-refractivity contribution in [2.45, 2.75) is 64.8 Å². The average Bonchev–Trinajstić information content (AvgIpc) is 2.44. The van der Waals surface area contributed by atoms with Gasteiger partial charge in [0, 0.05) is 13.0 Å². The maximum atomic E-state index is 12.1. The quantitative estimate of drug-likeness (QED) is 0.609. The Bertz CT molecular complexity index is 333. The molecule has 5 nitrogen and oxygen atoms in total. The molecule has 5 heteroatoms. The normalized spacial score (nSPS) is 23.5. The van der Waals surface area contributed by atoms with Crippen LogP contribution in [0.5, 0.6) is 0 Å². The molecule has 3 N–H and O–H groups in total. The highest BCUT2D eigenvalue weighted by Gasteiger charge is 2.24. The number of carboxylic acid groups (broad SMARTS) is 1. The number of hydrogen-bond donors (Lipinski definition) is 3. The minimum atomic E-state index is -0.736. The van der Waals surface area contributed by atoms with Gasteiger partial charge in [-0.1, -0.05) is 26.7 Å². The fourth-order valence-electron chi connectivity index (χ4n) is 3.00. The molecule has 1 rings (SSSR count). The molecular weight excluding hydrogens is 268 g/mol. The summed E-state index contributed by atoms with van der Waals surface area (Å²) in [5, 5.41) is 15.0. The van der Waals surface area contributed by atoms with Crippen LogP contribution in [0.3, 0.4) is 0 Å². The second-order valence-electron chi connectivity index (χ2n) is 6.30. The number of hydrogen-bond acceptors (Lipinski definition) is 3. The van der Waals surface area contributed by atoms with E-state index in [4.69, 9.17) is 5.11 Å². The number of carboxylic acids is 1. The van der Waals surface area contributed by atoms with E-state index in [-0.39, 0.29) is 18.4 Å². The van der Waals surface area contributed by atoms with E-state index < -0.39 is 5.97 Å². The second-order valence-corrected chi connectivity index (χ2v) is 6.30. The van der Waals surface area contributed by atoms with Crippen LogP contribution < -0.4 is 10.6 Å². The van der Waals surface area contributed by atoms with Gasteiger partial charge < -0.3 is 15.7 Å². The minimum absolute atomic E-state index is 0.0580. The van der Waals surface area contributed by atoms with Crippen LogP contribution in [0.15, 0.2) is 0 Å². The van der Waals surface area contributed by atoms with Gasteiger partial charge in [0.2, 0.25) is 5.91 Å². The van der Waals surface area contributed by atoms with Crippen molar-refractivity contribution >= 4 is 11.9 Å². The molecule has 122 valence electrons. The third kappa shape index (κ3) is 7.46. The van der Waals surface area contributed by atoms with Crippen molar-refractivity contribution in [2.75, 3.05) is 13.1 Å². The lowest BCUT2D eigenvalue weighted by Gasteiger charge is -2.27. The number of aliphatic carboxylic acids is 1. The van der Waals surface area contributed by atoms with Gasteiger partial charge in [-0.25, -0.2) is 0 Å². The molecule has 21 heavy (non-hydrogen) atoms. The summed E-state index contributed by atoms with van der Waals surface area (Å²) in [7, 11) is 0. The van der Waals surface area contributed by atoms with E-state index in [1.165, 1.54) is 0 Å². The molecule has 0 bridgehead atoms. The predicted molar refractivity (Wildman–Crippen MR) is 83.1 cm³/mol. The summed E-state index contributed by atoms with van der Waals surface area (Å²) in [6.45, 7) is 5.86. The Labute approximate surface area is 127 Å². The van der Waals surface area contributed by atoms with E-state index in [1.807, 2.05) is 0 Å². The molecule has 0 aromatic heterocycles.